The molecule has 6 nitrogen and oxygen atoms in total. The third-order valence-electron chi connectivity index (χ3n) is 4.88. The molecule has 150 valence electrons. The molecule has 1 aliphatic heterocycles. The largest absolute Gasteiger partial charge is 0.335 e. The molecule has 2 aromatic carbocycles. The summed E-state index contributed by atoms with van der Waals surface area (Å²) in [5.41, 5.74) is 0.576. The van der Waals surface area contributed by atoms with E-state index in [4.69, 9.17) is 0 Å². The van der Waals surface area contributed by atoms with E-state index in [2.05, 4.69) is 0 Å². The number of sulfonamides is 1. The molecule has 3 rings (SSSR count). The number of hydrogen-bond acceptors (Lipinski definition) is 3. The van der Waals surface area contributed by atoms with Crippen molar-refractivity contribution < 1.29 is 22.5 Å². The van der Waals surface area contributed by atoms with E-state index in [1.165, 1.54) is 10.4 Å². The van der Waals surface area contributed by atoms with E-state index in [1.807, 2.05) is 7.05 Å². The van der Waals surface area contributed by atoms with Crippen molar-refractivity contribution in [3.05, 3.63) is 66.0 Å². The molecule has 0 spiro atoms. The number of rotatable bonds is 6. The first-order chi connectivity index (χ1) is 13.4. The Morgan fingerprint density at radius 2 is 1.61 bits per heavy atom. The van der Waals surface area contributed by atoms with E-state index in [-0.39, 0.29) is 36.3 Å². The molecule has 0 aliphatic carbocycles. The maximum absolute atomic E-state index is 13.8. The van der Waals surface area contributed by atoms with Crippen LogP contribution < -0.4 is 4.90 Å². The van der Waals surface area contributed by atoms with Crippen molar-refractivity contribution in [2.24, 2.45) is 0 Å². The highest BCUT2D eigenvalue weighted by Gasteiger charge is 2.30. The number of nitrogens with one attached hydrogen (secondary N) is 1. The van der Waals surface area contributed by atoms with Crippen molar-refractivity contribution in [1.29, 1.82) is 0 Å². The smallest absolute Gasteiger partial charge is 0.277 e. The molecule has 0 bridgehead atoms. The van der Waals surface area contributed by atoms with Crippen molar-refractivity contribution >= 4 is 15.9 Å². The lowest BCUT2D eigenvalue weighted by Gasteiger charge is -2.34. The topological polar surface area (TPSA) is 62.1 Å². The van der Waals surface area contributed by atoms with Gasteiger partial charge in [-0.15, -0.1) is 0 Å². The number of hydrogen-bond donors (Lipinski definition) is 1. The molecular weight excluding hydrogens is 381 g/mol. The fraction of sp³-hybridized carbons (Fsp3) is 0.350. The van der Waals surface area contributed by atoms with Crippen LogP contribution >= 0.6 is 0 Å². The highest BCUT2D eigenvalue weighted by atomic mass is 32.2. The van der Waals surface area contributed by atoms with E-state index in [1.54, 1.807) is 53.4 Å². The molecule has 1 N–H and O–H groups in total. The lowest BCUT2D eigenvalue weighted by atomic mass is 10.2. The zero-order valence-electron chi connectivity index (χ0n) is 15.8. The van der Waals surface area contributed by atoms with E-state index in [0.717, 1.165) is 4.90 Å². The number of carbonyl (C=O) groups excluding carboxylic acids is 1. The van der Waals surface area contributed by atoms with Crippen LogP contribution in [0, 0.1) is 5.82 Å². The quantitative estimate of drug-likeness (QED) is 0.754. The summed E-state index contributed by atoms with van der Waals surface area (Å²) >= 11 is 0. The minimum atomic E-state index is -3.53. The van der Waals surface area contributed by atoms with Crippen molar-refractivity contribution in [3.63, 3.8) is 0 Å². The van der Waals surface area contributed by atoms with Crippen molar-refractivity contribution in [1.82, 2.24) is 9.21 Å². The Labute approximate surface area is 165 Å². The van der Waals surface area contributed by atoms with Crippen LogP contribution in [0.1, 0.15) is 5.56 Å². The Hall–Kier alpha value is -2.29. The van der Waals surface area contributed by atoms with Gasteiger partial charge in [-0.2, -0.15) is 4.31 Å². The number of amides is 1. The second kappa shape index (κ2) is 8.81. The van der Waals surface area contributed by atoms with Gasteiger partial charge in [0.1, 0.15) is 12.4 Å². The molecule has 8 heteroatoms. The van der Waals surface area contributed by atoms with E-state index in [9.17, 15) is 17.6 Å². The van der Waals surface area contributed by atoms with Crippen LogP contribution in [0.2, 0.25) is 0 Å². The number of quaternary nitrogens is 1. The molecule has 1 aliphatic rings. The fourth-order valence-electron chi connectivity index (χ4n) is 3.32. The van der Waals surface area contributed by atoms with Crippen LogP contribution in [0.3, 0.4) is 0 Å². The minimum Gasteiger partial charge on any atom is -0.335 e. The van der Waals surface area contributed by atoms with Gasteiger partial charge in [0, 0.05) is 31.7 Å². The number of likely N-dealkylation sites (N-methyl/N-ethyl adjacent to an activating group) is 1. The SMILES string of the molecule is C[NH+](CC(=O)N1CCN(S(=O)(=O)c2ccccc2)CC1)Cc1ccccc1F. The molecule has 1 saturated heterocycles. The van der Waals surface area contributed by atoms with Gasteiger partial charge in [-0.05, 0) is 18.2 Å². The van der Waals surface area contributed by atoms with Crippen LogP contribution in [0.15, 0.2) is 59.5 Å². The van der Waals surface area contributed by atoms with E-state index >= 15 is 0 Å². The van der Waals surface area contributed by atoms with E-state index in [0.29, 0.717) is 25.2 Å². The van der Waals surface area contributed by atoms with Gasteiger partial charge in [-0.3, -0.25) is 4.79 Å². The van der Waals surface area contributed by atoms with Gasteiger partial charge in [0.2, 0.25) is 10.0 Å². The number of piperazine rings is 1. The maximum atomic E-state index is 13.8. The Morgan fingerprint density at radius 1 is 1.00 bits per heavy atom. The Morgan fingerprint density at radius 3 is 2.25 bits per heavy atom. The molecule has 0 aromatic heterocycles. The van der Waals surface area contributed by atoms with Gasteiger partial charge in [0.15, 0.2) is 6.54 Å². The molecular formula is C20H25FN3O3S+. The highest BCUT2D eigenvalue weighted by Crippen LogP contribution is 2.17. The summed E-state index contributed by atoms with van der Waals surface area (Å²) in [5, 5.41) is 0. The van der Waals surface area contributed by atoms with Gasteiger partial charge >= 0.3 is 0 Å². The molecule has 28 heavy (non-hydrogen) atoms. The maximum Gasteiger partial charge on any atom is 0.277 e. The second-order valence-corrected chi connectivity index (χ2v) is 8.94. The lowest BCUT2D eigenvalue weighted by Crippen LogP contribution is -3.09. The highest BCUT2D eigenvalue weighted by molar-refractivity contribution is 7.89. The number of carbonyl (C=O) groups is 1. The zero-order valence-corrected chi connectivity index (χ0v) is 16.7. The summed E-state index contributed by atoms with van der Waals surface area (Å²) in [6, 6.07) is 14.9. The summed E-state index contributed by atoms with van der Waals surface area (Å²) in [4.78, 5) is 15.4. The summed E-state index contributed by atoms with van der Waals surface area (Å²) in [6.45, 7) is 1.92. The molecule has 2 aromatic rings. The predicted molar refractivity (Wildman–Crippen MR) is 104 cm³/mol. The minimum absolute atomic E-state index is 0.0504. The fourth-order valence-corrected chi connectivity index (χ4v) is 4.76. The van der Waals surface area contributed by atoms with Gasteiger partial charge < -0.3 is 9.80 Å². The number of benzene rings is 2. The van der Waals surface area contributed by atoms with Gasteiger partial charge in [0.05, 0.1) is 11.9 Å². The zero-order chi connectivity index (χ0) is 20.1. The Bertz CT molecular complexity index is 913. The predicted octanol–water partition coefficient (Wildman–Crippen LogP) is 0.374. The van der Waals surface area contributed by atoms with Crippen LogP contribution in [0.4, 0.5) is 4.39 Å². The average molecular weight is 407 g/mol. The third kappa shape index (κ3) is 4.76. The normalized spacial score (nSPS) is 16.7. The van der Waals surface area contributed by atoms with Crippen molar-refractivity contribution in [3.8, 4) is 0 Å². The van der Waals surface area contributed by atoms with Crippen LogP contribution in [0.5, 0.6) is 0 Å². The summed E-state index contributed by atoms with van der Waals surface area (Å²) in [6.07, 6.45) is 0. The van der Waals surface area contributed by atoms with Gasteiger partial charge in [-0.1, -0.05) is 36.4 Å². The first-order valence-electron chi connectivity index (χ1n) is 9.25. The Balaban J connectivity index is 1.53. The molecule has 1 fully saturated rings. The number of nitrogens with zero attached hydrogens (tertiary/aromatic N) is 2. The summed E-state index contributed by atoms with van der Waals surface area (Å²) < 4.78 is 40.5. The average Bonchev–Trinajstić information content (AvgIpc) is 2.70. The first-order valence-corrected chi connectivity index (χ1v) is 10.7. The first kappa shape index (κ1) is 20.4. The van der Waals surface area contributed by atoms with Gasteiger partial charge in [-0.25, -0.2) is 12.8 Å². The van der Waals surface area contributed by atoms with Crippen molar-refractivity contribution in [2.75, 3.05) is 39.8 Å². The molecule has 0 saturated carbocycles. The second-order valence-electron chi connectivity index (χ2n) is 7.00. The monoisotopic (exact) mass is 406 g/mol. The van der Waals surface area contributed by atoms with Gasteiger partial charge in [0.25, 0.3) is 5.91 Å². The summed E-state index contributed by atoms with van der Waals surface area (Å²) in [7, 11) is -1.68. The van der Waals surface area contributed by atoms with Crippen LogP contribution in [0.25, 0.3) is 0 Å². The molecule has 0 radical (unpaired) electrons. The molecule has 1 heterocycles. The molecule has 1 amide bonds. The third-order valence-corrected chi connectivity index (χ3v) is 6.79. The van der Waals surface area contributed by atoms with E-state index < -0.39 is 10.0 Å². The standard InChI is InChI=1S/C20H24FN3O3S/c1-22(15-17-7-5-6-10-19(17)21)16-20(25)23-11-13-24(14-12-23)28(26,27)18-8-3-2-4-9-18/h2-10H,11-16H2,1H3/p+1. The molecule has 1 atom stereocenters. The van der Waals surface area contributed by atoms with Crippen LogP contribution in [-0.4, -0.2) is 63.3 Å². The lowest BCUT2D eigenvalue weighted by molar-refractivity contribution is -0.885. The Kier molecular flexibility index (Phi) is 6.43. The van der Waals surface area contributed by atoms with Crippen LogP contribution in [-0.2, 0) is 21.4 Å². The molecule has 1 unspecified atom stereocenters. The summed E-state index contributed by atoms with van der Waals surface area (Å²) in [5.74, 6) is -0.320. The van der Waals surface area contributed by atoms with Crippen molar-refractivity contribution in [2.45, 2.75) is 11.4 Å². The number of halogens is 1.